The highest BCUT2D eigenvalue weighted by Gasteiger charge is 2.44. The van der Waals surface area contributed by atoms with Gasteiger partial charge in [-0.05, 0) is 28.8 Å². The largest absolute Gasteiger partial charge is 0.468 e. The van der Waals surface area contributed by atoms with Crippen LogP contribution < -0.4 is 5.32 Å². The van der Waals surface area contributed by atoms with Crippen molar-refractivity contribution in [3.8, 4) is 6.07 Å². The summed E-state index contributed by atoms with van der Waals surface area (Å²) in [7, 11) is 1.25. The van der Waals surface area contributed by atoms with Crippen molar-refractivity contribution in [2.45, 2.75) is 18.6 Å². The molecule has 4 rings (SSSR count). The van der Waals surface area contributed by atoms with Gasteiger partial charge in [0.05, 0.1) is 23.8 Å². The molecule has 0 fully saturated rings. The Bertz CT molecular complexity index is 1260. The van der Waals surface area contributed by atoms with Gasteiger partial charge in [0.25, 0.3) is 0 Å². The summed E-state index contributed by atoms with van der Waals surface area (Å²) in [6, 6.07) is 24.1. The van der Waals surface area contributed by atoms with Crippen LogP contribution in [0.15, 0.2) is 77.3 Å². The van der Waals surface area contributed by atoms with E-state index < -0.39 is 23.7 Å². The number of benzene rings is 3. The summed E-state index contributed by atoms with van der Waals surface area (Å²) in [6.45, 7) is 1.96. The molecule has 1 aliphatic rings. The third-order valence-corrected chi connectivity index (χ3v) is 6.71. The molecule has 0 unspecified atom stereocenters. The molecule has 0 saturated heterocycles. The zero-order chi connectivity index (χ0) is 22.7. The second-order valence-corrected chi connectivity index (χ2v) is 8.69. The Labute approximate surface area is 191 Å². The molecular weight excluding hydrogens is 420 g/mol. The van der Waals surface area contributed by atoms with Gasteiger partial charge in [-0.15, -0.1) is 11.8 Å². The molecule has 0 aromatic heterocycles. The first-order valence-corrected chi connectivity index (χ1v) is 11.2. The number of rotatable bonds is 5. The van der Waals surface area contributed by atoms with Crippen molar-refractivity contribution >= 4 is 34.4 Å². The number of carbonyl (C=O) groups is 2. The Balaban J connectivity index is 1.70. The van der Waals surface area contributed by atoms with Gasteiger partial charge in [0.15, 0.2) is 0 Å². The number of esters is 1. The van der Waals surface area contributed by atoms with E-state index in [1.54, 1.807) is 0 Å². The highest BCUT2D eigenvalue weighted by Crippen LogP contribution is 2.41. The monoisotopic (exact) mass is 442 g/mol. The Morgan fingerprint density at radius 2 is 1.81 bits per heavy atom. The third kappa shape index (κ3) is 4.25. The molecule has 0 bridgehead atoms. The number of ether oxygens (including phenoxy) is 1. The Hall–Kier alpha value is -3.56. The number of hydrogen-bond acceptors (Lipinski definition) is 5. The number of nitrogens with one attached hydrogen (secondary N) is 1. The molecule has 6 heteroatoms. The number of methoxy groups -OCH3 is 1. The number of amides is 1. The lowest BCUT2D eigenvalue weighted by molar-refractivity contribution is -0.150. The average Bonchev–Trinajstić information content (AvgIpc) is 2.82. The van der Waals surface area contributed by atoms with E-state index in [4.69, 9.17) is 4.74 Å². The highest BCUT2D eigenvalue weighted by molar-refractivity contribution is 8.02. The first kappa shape index (κ1) is 21.7. The van der Waals surface area contributed by atoms with Gasteiger partial charge in [0.2, 0.25) is 5.91 Å². The summed E-state index contributed by atoms with van der Waals surface area (Å²) in [5, 5.41) is 15.6. The van der Waals surface area contributed by atoms with Crippen LogP contribution in [0.1, 0.15) is 22.6 Å². The minimum atomic E-state index is -1.11. The van der Waals surface area contributed by atoms with E-state index >= 15 is 0 Å². The van der Waals surface area contributed by atoms with E-state index in [0.29, 0.717) is 16.4 Å². The Morgan fingerprint density at radius 3 is 2.50 bits per heavy atom. The number of allylic oxidation sites excluding steroid dienone is 1. The number of hydrogen-bond donors (Lipinski definition) is 1. The van der Waals surface area contributed by atoms with Crippen molar-refractivity contribution < 1.29 is 14.3 Å². The van der Waals surface area contributed by atoms with Crippen molar-refractivity contribution in [3.63, 3.8) is 0 Å². The molecule has 5 nitrogen and oxygen atoms in total. The van der Waals surface area contributed by atoms with Crippen molar-refractivity contribution in [3.05, 3.63) is 94.0 Å². The normalized spacial score (nSPS) is 18.2. The second kappa shape index (κ2) is 9.29. The predicted molar refractivity (Wildman–Crippen MR) is 125 cm³/mol. The topological polar surface area (TPSA) is 79.2 Å². The van der Waals surface area contributed by atoms with Gasteiger partial charge in [-0.3, -0.25) is 9.59 Å². The van der Waals surface area contributed by atoms with Crippen molar-refractivity contribution in [2.75, 3.05) is 7.11 Å². The number of carbonyl (C=O) groups excluding carboxylic acids is 2. The summed E-state index contributed by atoms with van der Waals surface area (Å²) < 4.78 is 4.90. The second-order valence-electron chi connectivity index (χ2n) is 7.70. The van der Waals surface area contributed by atoms with Gasteiger partial charge in [0, 0.05) is 11.7 Å². The van der Waals surface area contributed by atoms with Gasteiger partial charge in [-0.2, -0.15) is 5.26 Å². The molecule has 0 radical (unpaired) electrons. The quantitative estimate of drug-likeness (QED) is 0.453. The maximum absolute atomic E-state index is 12.9. The van der Waals surface area contributed by atoms with Gasteiger partial charge >= 0.3 is 5.97 Å². The maximum atomic E-state index is 12.9. The molecule has 3 aromatic carbocycles. The maximum Gasteiger partial charge on any atom is 0.319 e. The lowest BCUT2D eigenvalue weighted by Crippen LogP contribution is -2.44. The van der Waals surface area contributed by atoms with E-state index in [1.165, 1.54) is 18.9 Å². The molecule has 1 N–H and O–H groups in total. The van der Waals surface area contributed by atoms with Crippen molar-refractivity contribution in [2.24, 2.45) is 5.92 Å². The first-order chi connectivity index (χ1) is 15.5. The fourth-order valence-electron chi connectivity index (χ4n) is 3.94. The van der Waals surface area contributed by atoms with E-state index in [1.807, 2.05) is 49.4 Å². The minimum absolute atomic E-state index is 0.370. The number of thioether (sulfide) groups is 1. The summed E-state index contributed by atoms with van der Waals surface area (Å²) in [5.74, 6) is -2.33. The first-order valence-electron chi connectivity index (χ1n) is 10.2. The van der Waals surface area contributed by atoms with Gasteiger partial charge < -0.3 is 10.1 Å². The Kier molecular flexibility index (Phi) is 6.29. The van der Waals surface area contributed by atoms with Crippen LogP contribution >= 0.6 is 11.8 Å². The van der Waals surface area contributed by atoms with Crippen molar-refractivity contribution in [1.29, 1.82) is 5.26 Å². The molecule has 1 aliphatic heterocycles. The lowest BCUT2D eigenvalue weighted by atomic mass is 9.78. The number of aryl methyl sites for hydroxylation is 1. The van der Waals surface area contributed by atoms with Crippen molar-refractivity contribution in [1.82, 2.24) is 5.32 Å². The standard InChI is InChI=1S/C26H22N2O3S/c1-16-7-10-19(11-8-16)22-21(14-27)25(28-24(29)23(22)26(30)31-2)32-15-17-9-12-18-5-3-4-6-20(18)13-17/h3-13,22-23H,15H2,1-2H3,(H,28,29)/t22-,23+/m0/s1. The summed E-state index contributed by atoms with van der Waals surface area (Å²) in [6.07, 6.45) is 0. The molecule has 1 amide bonds. The van der Waals surface area contributed by atoms with E-state index in [0.717, 1.165) is 27.5 Å². The summed E-state index contributed by atoms with van der Waals surface area (Å²) in [5.41, 5.74) is 3.24. The summed E-state index contributed by atoms with van der Waals surface area (Å²) in [4.78, 5) is 25.4. The molecule has 0 saturated carbocycles. The number of nitriles is 1. The smallest absolute Gasteiger partial charge is 0.319 e. The predicted octanol–water partition coefficient (Wildman–Crippen LogP) is 4.82. The zero-order valence-electron chi connectivity index (χ0n) is 17.8. The van der Waals surface area contributed by atoms with E-state index in [2.05, 4.69) is 35.7 Å². The van der Waals surface area contributed by atoms with Crippen LogP contribution in [-0.2, 0) is 20.1 Å². The average molecular weight is 443 g/mol. The fraction of sp³-hybridized carbons (Fsp3) is 0.192. The van der Waals surface area contributed by atoms with Gasteiger partial charge in [0.1, 0.15) is 5.92 Å². The van der Waals surface area contributed by atoms with Crippen LogP contribution in [0.2, 0.25) is 0 Å². The molecule has 0 aliphatic carbocycles. The number of nitrogens with zero attached hydrogens (tertiary/aromatic N) is 1. The number of fused-ring (bicyclic) bond motifs is 1. The summed E-state index contributed by atoms with van der Waals surface area (Å²) >= 11 is 1.39. The molecule has 3 aromatic rings. The zero-order valence-corrected chi connectivity index (χ0v) is 18.6. The Morgan fingerprint density at radius 1 is 1.09 bits per heavy atom. The van der Waals surface area contributed by atoms with Gasteiger partial charge in [-0.1, -0.05) is 72.3 Å². The highest BCUT2D eigenvalue weighted by atomic mass is 32.2. The van der Waals surface area contributed by atoms with Crippen LogP contribution in [0.3, 0.4) is 0 Å². The minimum Gasteiger partial charge on any atom is -0.468 e. The lowest BCUT2D eigenvalue weighted by Gasteiger charge is -2.31. The fourth-order valence-corrected chi connectivity index (χ4v) is 4.93. The van der Waals surface area contributed by atoms with Crippen LogP contribution in [0.5, 0.6) is 0 Å². The molecular formula is C26H22N2O3S. The van der Waals surface area contributed by atoms with Crippen LogP contribution in [0.25, 0.3) is 10.8 Å². The van der Waals surface area contributed by atoms with E-state index in [9.17, 15) is 14.9 Å². The van der Waals surface area contributed by atoms with Crippen LogP contribution in [0.4, 0.5) is 0 Å². The van der Waals surface area contributed by atoms with Crippen LogP contribution in [-0.4, -0.2) is 19.0 Å². The third-order valence-electron chi connectivity index (χ3n) is 5.62. The molecule has 1 heterocycles. The molecule has 2 atom stereocenters. The van der Waals surface area contributed by atoms with E-state index in [-0.39, 0.29) is 0 Å². The molecule has 32 heavy (non-hydrogen) atoms. The molecule has 160 valence electrons. The van der Waals surface area contributed by atoms with Gasteiger partial charge in [-0.25, -0.2) is 0 Å². The SMILES string of the molecule is COC(=O)[C@H]1C(=O)NC(SCc2ccc3ccccc3c2)=C(C#N)[C@@H]1c1ccc(C)cc1. The molecule has 0 spiro atoms. The van der Waals surface area contributed by atoms with Crippen LogP contribution in [0, 0.1) is 24.2 Å².